The Kier molecular flexibility index (Phi) is 6.59. The molecule has 1 heterocycles. The molecule has 0 saturated heterocycles. The van der Waals surface area contributed by atoms with Crippen LogP contribution in [-0.2, 0) is 6.54 Å². The van der Waals surface area contributed by atoms with Crippen LogP contribution in [0, 0.1) is 0 Å². The maximum atomic E-state index is 12.6. The Hall–Kier alpha value is -2.09. The molecule has 2 aromatic rings. The summed E-state index contributed by atoms with van der Waals surface area (Å²) in [5.41, 5.74) is 0.154. The van der Waals surface area contributed by atoms with Crippen molar-refractivity contribution in [2.75, 3.05) is 11.9 Å². The Morgan fingerprint density at radius 3 is 2.68 bits per heavy atom. The molecule has 4 N–H and O–H groups in total. The second-order valence-electron chi connectivity index (χ2n) is 7.05. The SMILES string of the molecule is O=C(NCC1(O)CCCCC1)c1cc(NCc2cc(Cl)nc(=O)[nH]2)ccc1Cl. The summed E-state index contributed by atoms with van der Waals surface area (Å²) in [6, 6.07) is 6.53. The average molecular weight is 425 g/mol. The van der Waals surface area contributed by atoms with E-state index in [1.54, 1.807) is 24.3 Å². The number of amides is 1. The van der Waals surface area contributed by atoms with Crippen LogP contribution < -0.4 is 16.3 Å². The highest BCUT2D eigenvalue weighted by Crippen LogP contribution is 2.27. The van der Waals surface area contributed by atoms with Crippen LogP contribution in [0.4, 0.5) is 5.69 Å². The molecule has 1 aromatic carbocycles. The van der Waals surface area contributed by atoms with Gasteiger partial charge in [0, 0.05) is 17.9 Å². The fourth-order valence-electron chi connectivity index (χ4n) is 3.30. The third-order valence-corrected chi connectivity index (χ3v) is 5.35. The number of nitrogens with one attached hydrogen (secondary N) is 3. The molecule has 0 radical (unpaired) electrons. The first-order chi connectivity index (χ1) is 13.3. The highest BCUT2D eigenvalue weighted by Gasteiger charge is 2.29. The van der Waals surface area contributed by atoms with Crippen molar-refractivity contribution in [3.63, 3.8) is 0 Å². The Morgan fingerprint density at radius 2 is 1.96 bits per heavy atom. The molecule has 1 aliphatic rings. The van der Waals surface area contributed by atoms with E-state index in [1.807, 2.05) is 0 Å². The maximum Gasteiger partial charge on any atom is 0.346 e. The summed E-state index contributed by atoms with van der Waals surface area (Å²) < 4.78 is 0. The zero-order valence-electron chi connectivity index (χ0n) is 15.2. The summed E-state index contributed by atoms with van der Waals surface area (Å²) in [7, 11) is 0. The van der Waals surface area contributed by atoms with Gasteiger partial charge in [-0.25, -0.2) is 4.79 Å². The minimum absolute atomic E-state index is 0.109. The molecule has 0 unspecified atom stereocenters. The first-order valence-electron chi connectivity index (χ1n) is 9.14. The molecule has 0 aliphatic heterocycles. The Labute approximate surface area is 172 Å². The summed E-state index contributed by atoms with van der Waals surface area (Å²) >= 11 is 12.0. The van der Waals surface area contributed by atoms with E-state index >= 15 is 0 Å². The molecule has 7 nitrogen and oxygen atoms in total. The first kappa shape index (κ1) is 20.6. The number of anilines is 1. The summed E-state index contributed by atoms with van der Waals surface area (Å²) in [4.78, 5) is 30.0. The van der Waals surface area contributed by atoms with Crippen LogP contribution in [-0.4, -0.2) is 33.1 Å². The van der Waals surface area contributed by atoms with Gasteiger partial charge in [-0.05, 0) is 37.1 Å². The number of aromatic amines is 1. The van der Waals surface area contributed by atoms with E-state index in [2.05, 4.69) is 20.6 Å². The predicted molar refractivity (Wildman–Crippen MR) is 109 cm³/mol. The third kappa shape index (κ3) is 5.47. The second-order valence-corrected chi connectivity index (χ2v) is 7.84. The number of hydrogen-bond acceptors (Lipinski definition) is 5. The molecular formula is C19H22Cl2N4O3. The number of aromatic nitrogens is 2. The molecular weight excluding hydrogens is 403 g/mol. The number of halogens is 2. The Balaban J connectivity index is 1.65. The maximum absolute atomic E-state index is 12.6. The number of H-pyrrole nitrogens is 1. The fourth-order valence-corrected chi connectivity index (χ4v) is 3.71. The smallest absolute Gasteiger partial charge is 0.346 e. The van der Waals surface area contributed by atoms with Gasteiger partial charge in [0.1, 0.15) is 5.15 Å². The standard InChI is InChI=1S/C19H22Cl2N4O3/c20-15-5-4-12(22-10-13-9-16(21)25-18(27)24-13)8-14(15)17(26)23-11-19(28)6-2-1-3-7-19/h4-5,8-9,22,28H,1-3,6-7,10-11H2,(H,23,26)(H,24,25,27). The van der Waals surface area contributed by atoms with Gasteiger partial charge in [0.05, 0.1) is 22.7 Å². The summed E-state index contributed by atoms with van der Waals surface area (Å²) in [6.07, 6.45) is 4.43. The summed E-state index contributed by atoms with van der Waals surface area (Å²) in [5, 5.41) is 16.9. The number of carbonyl (C=O) groups excluding carboxylic acids is 1. The van der Waals surface area contributed by atoms with E-state index in [1.165, 1.54) is 0 Å². The van der Waals surface area contributed by atoms with Gasteiger partial charge < -0.3 is 20.7 Å². The molecule has 9 heteroatoms. The largest absolute Gasteiger partial charge is 0.388 e. The van der Waals surface area contributed by atoms with Gasteiger partial charge in [-0.2, -0.15) is 4.98 Å². The molecule has 1 fully saturated rings. The van der Waals surface area contributed by atoms with Crippen LogP contribution in [0.1, 0.15) is 48.2 Å². The lowest BCUT2D eigenvalue weighted by atomic mass is 9.85. The van der Waals surface area contributed by atoms with Gasteiger partial charge in [0.25, 0.3) is 5.91 Å². The van der Waals surface area contributed by atoms with Crippen molar-refractivity contribution in [3.8, 4) is 0 Å². The number of hydrogen-bond donors (Lipinski definition) is 4. The number of nitrogens with zero attached hydrogens (tertiary/aromatic N) is 1. The van der Waals surface area contributed by atoms with Crippen LogP contribution in [0.15, 0.2) is 29.1 Å². The zero-order chi connectivity index (χ0) is 20.1. The lowest BCUT2D eigenvalue weighted by molar-refractivity contribution is 0.00526. The highest BCUT2D eigenvalue weighted by atomic mass is 35.5. The van der Waals surface area contributed by atoms with E-state index < -0.39 is 11.3 Å². The van der Waals surface area contributed by atoms with E-state index in [0.717, 1.165) is 19.3 Å². The first-order valence-corrected chi connectivity index (χ1v) is 9.90. The minimum Gasteiger partial charge on any atom is -0.388 e. The van der Waals surface area contributed by atoms with Gasteiger partial charge in [0.15, 0.2) is 0 Å². The number of rotatable bonds is 6. The quantitative estimate of drug-likeness (QED) is 0.532. The van der Waals surface area contributed by atoms with Crippen LogP contribution in [0.3, 0.4) is 0 Å². The summed E-state index contributed by atoms with van der Waals surface area (Å²) in [5.74, 6) is -0.340. The second kappa shape index (κ2) is 8.94. The highest BCUT2D eigenvalue weighted by molar-refractivity contribution is 6.34. The van der Waals surface area contributed by atoms with Crippen molar-refractivity contribution < 1.29 is 9.90 Å². The summed E-state index contributed by atoms with van der Waals surface area (Å²) in [6.45, 7) is 0.497. The Bertz CT molecular complexity index is 910. The molecule has 1 aliphatic carbocycles. The van der Waals surface area contributed by atoms with Crippen molar-refractivity contribution in [3.05, 3.63) is 56.2 Å². The molecule has 0 atom stereocenters. The van der Waals surface area contributed by atoms with Gasteiger partial charge in [-0.15, -0.1) is 0 Å². The van der Waals surface area contributed by atoms with Crippen molar-refractivity contribution in [2.45, 2.75) is 44.2 Å². The van der Waals surface area contributed by atoms with E-state index in [4.69, 9.17) is 23.2 Å². The van der Waals surface area contributed by atoms with Crippen LogP contribution in [0.25, 0.3) is 0 Å². The third-order valence-electron chi connectivity index (χ3n) is 4.83. The normalized spacial score (nSPS) is 15.8. The van der Waals surface area contributed by atoms with Gasteiger partial charge in [-0.1, -0.05) is 42.5 Å². The molecule has 150 valence electrons. The molecule has 1 amide bonds. The predicted octanol–water partition coefficient (Wildman–Crippen LogP) is 3.11. The monoisotopic (exact) mass is 424 g/mol. The van der Waals surface area contributed by atoms with Crippen LogP contribution >= 0.6 is 23.2 Å². The molecule has 3 rings (SSSR count). The average Bonchev–Trinajstić information content (AvgIpc) is 2.65. The van der Waals surface area contributed by atoms with Crippen molar-refractivity contribution in [1.29, 1.82) is 0 Å². The van der Waals surface area contributed by atoms with E-state index in [9.17, 15) is 14.7 Å². The molecule has 0 spiro atoms. The van der Waals surface area contributed by atoms with Gasteiger partial charge in [0.2, 0.25) is 0 Å². The van der Waals surface area contributed by atoms with Crippen molar-refractivity contribution in [1.82, 2.24) is 15.3 Å². The van der Waals surface area contributed by atoms with Crippen molar-refractivity contribution >= 4 is 34.8 Å². The van der Waals surface area contributed by atoms with E-state index in [0.29, 0.717) is 41.4 Å². The Morgan fingerprint density at radius 1 is 1.21 bits per heavy atom. The van der Waals surface area contributed by atoms with Gasteiger partial charge in [-0.3, -0.25) is 4.79 Å². The number of benzene rings is 1. The molecule has 0 bridgehead atoms. The number of aliphatic hydroxyl groups is 1. The molecule has 28 heavy (non-hydrogen) atoms. The van der Waals surface area contributed by atoms with Crippen molar-refractivity contribution in [2.24, 2.45) is 0 Å². The minimum atomic E-state index is -0.845. The van der Waals surface area contributed by atoms with Gasteiger partial charge >= 0.3 is 5.69 Å². The van der Waals surface area contributed by atoms with Crippen LogP contribution in [0.5, 0.6) is 0 Å². The lowest BCUT2D eigenvalue weighted by Crippen LogP contribution is -2.44. The zero-order valence-corrected chi connectivity index (χ0v) is 16.7. The topological polar surface area (TPSA) is 107 Å². The molecule has 1 saturated carbocycles. The lowest BCUT2D eigenvalue weighted by Gasteiger charge is -2.32. The fraction of sp³-hybridized carbons (Fsp3) is 0.421. The van der Waals surface area contributed by atoms with Crippen LogP contribution in [0.2, 0.25) is 10.2 Å². The molecule has 1 aromatic heterocycles. The van der Waals surface area contributed by atoms with E-state index in [-0.39, 0.29) is 17.6 Å². The number of carbonyl (C=O) groups is 1.